The van der Waals surface area contributed by atoms with Gasteiger partial charge >= 0.3 is 0 Å². The van der Waals surface area contributed by atoms with Crippen molar-refractivity contribution in [1.82, 2.24) is 5.01 Å². The summed E-state index contributed by atoms with van der Waals surface area (Å²) in [5, 5.41) is 15.6. The van der Waals surface area contributed by atoms with Gasteiger partial charge in [-0.2, -0.15) is 15.1 Å². The molecule has 0 saturated carbocycles. The Labute approximate surface area is 210 Å². The second kappa shape index (κ2) is 11.4. The smallest absolute Gasteiger partial charge is 0.283 e. The molecule has 2 heterocycles. The van der Waals surface area contributed by atoms with Crippen molar-refractivity contribution >= 4 is 39.8 Å². The second-order valence-electron chi connectivity index (χ2n) is 8.41. The van der Waals surface area contributed by atoms with Gasteiger partial charge in [-0.1, -0.05) is 45.0 Å². The van der Waals surface area contributed by atoms with Crippen molar-refractivity contribution < 1.29 is 14.3 Å². The highest BCUT2D eigenvalue weighted by atomic mass is 32.2. The van der Waals surface area contributed by atoms with E-state index in [1.807, 2.05) is 36.4 Å². The van der Waals surface area contributed by atoms with Crippen LogP contribution in [0.5, 0.6) is 11.5 Å². The van der Waals surface area contributed by atoms with E-state index in [0.29, 0.717) is 30.0 Å². The summed E-state index contributed by atoms with van der Waals surface area (Å²) in [4.78, 5) is 16.6. The minimum absolute atomic E-state index is 0.0493. The highest BCUT2D eigenvalue weighted by Gasteiger charge is 2.35. The summed E-state index contributed by atoms with van der Waals surface area (Å²) in [5.74, 6) is 1.71. The molecule has 7 nitrogen and oxygen atoms in total. The standard InChI is InChI=1S/C27H30N4O3S/c1-4-6-24-30-31-25(28)23(26(32)29-27(31)35-24)17-19-7-11-21(12-8-19)33-15-16-34-22-13-9-20(10-14-22)18(3)5-2/h7-14,17-18,28H,4-6,15-16H2,1-3H3/b23-17+,28-25?/t18-/m1/s1. The number of nitrogens with one attached hydrogen (secondary N) is 1. The van der Waals surface area contributed by atoms with Gasteiger partial charge in [-0.25, -0.2) is 0 Å². The van der Waals surface area contributed by atoms with Gasteiger partial charge in [-0.05, 0) is 78.4 Å². The predicted molar refractivity (Wildman–Crippen MR) is 142 cm³/mol. The lowest BCUT2D eigenvalue weighted by Crippen LogP contribution is -2.35. The molecule has 0 aromatic heterocycles. The molecule has 1 amide bonds. The number of fused-ring (bicyclic) bond motifs is 1. The summed E-state index contributed by atoms with van der Waals surface area (Å²) in [6.45, 7) is 7.33. The summed E-state index contributed by atoms with van der Waals surface area (Å²) in [7, 11) is 0. The van der Waals surface area contributed by atoms with Crippen LogP contribution in [0.1, 0.15) is 57.1 Å². The Kier molecular flexibility index (Phi) is 8.02. The monoisotopic (exact) mass is 490 g/mol. The van der Waals surface area contributed by atoms with Gasteiger partial charge in [0.2, 0.25) is 5.17 Å². The Bertz CT molecular complexity index is 1170. The maximum atomic E-state index is 12.5. The van der Waals surface area contributed by atoms with Gasteiger partial charge in [-0.3, -0.25) is 10.2 Å². The first-order chi connectivity index (χ1) is 17.0. The Hall–Kier alpha value is -3.39. The average molecular weight is 491 g/mol. The van der Waals surface area contributed by atoms with Crippen molar-refractivity contribution in [3.05, 3.63) is 65.2 Å². The van der Waals surface area contributed by atoms with E-state index in [1.165, 1.54) is 22.3 Å². The maximum Gasteiger partial charge on any atom is 0.283 e. The molecule has 0 saturated heterocycles. The molecule has 8 heteroatoms. The van der Waals surface area contributed by atoms with Crippen molar-refractivity contribution in [2.24, 2.45) is 10.1 Å². The summed E-state index contributed by atoms with van der Waals surface area (Å²) >= 11 is 1.36. The molecule has 0 unspecified atom stereocenters. The van der Waals surface area contributed by atoms with Gasteiger partial charge in [-0.15, -0.1) is 0 Å². The molecule has 0 radical (unpaired) electrons. The first-order valence-corrected chi connectivity index (χ1v) is 12.7. The van der Waals surface area contributed by atoms with E-state index in [2.05, 4.69) is 43.0 Å². The van der Waals surface area contributed by atoms with Crippen molar-refractivity contribution in [2.45, 2.75) is 46.0 Å². The normalized spacial score (nSPS) is 17.2. The van der Waals surface area contributed by atoms with Gasteiger partial charge in [0.25, 0.3) is 5.91 Å². The minimum Gasteiger partial charge on any atom is -0.490 e. The van der Waals surface area contributed by atoms with Gasteiger partial charge < -0.3 is 9.47 Å². The molecule has 35 heavy (non-hydrogen) atoms. The van der Waals surface area contributed by atoms with E-state index in [-0.39, 0.29) is 11.4 Å². The molecule has 182 valence electrons. The van der Waals surface area contributed by atoms with Crippen LogP contribution in [0.3, 0.4) is 0 Å². The fourth-order valence-corrected chi connectivity index (χ4v) is 4.61. The van der Waals surface area contributed by atoms with E-state index in [9.17, 15) is 4.79 Å². The van der Waals surface area contributed by atoms with Gasteiger partial charge in [0.1, 0.15) is 29.8 Å². The Balaban J connectivity index is 1.30. The summed E-state index contributed by atoms with van der Waals surface area (Å²) in [6, 6.07) is 15.6. The summed E-state index contributed by atoms with van der Waals surface area (Å²) < 4.78 is 11.6. The number of rotatable bonds is 10. The van der Waals surface area contributed by atoms with E-state index in [4.69, 9.17) is 14.9 Å². The molecule has 1 N–H and O–H groups in total. The number of hydrazone groups is 1. The zero-order valence-electron chi connectivity index (χ0n) is 20.3. The zero-order valence-corrected chi connectivity index (χ0v) is 21.1. The van der Waals surface area contributed by atoms with Crippen LogP contribution >= 0.6 is 11.8 Å². The van der Waals surface area contributed by atoms with Crippen molar-refractivity contribution in [3.8, 4) is 11.5 Å². The van der Waals surface area contributed by atoms with Gasteiger partial charge in [0.15, 0.2) is 5.84 Å². The van der Waals surface area contributed by atoms with Crippen LogP contribution in [0.4, 0.5) is 0 Å². The predicted octanol–water partition coefficient (Wildman–Crippen LogP) is 6.08. The number of hydrogen-bond donors (Lipinski definition) is 1. The molecule has 2 aliphatic rings. The van der Waals surface area contributed by atoms with Crippen LogP contribution in [-0.4, -0.2) is 40.2 Å². The number of aliphatic imine (C=N–C) groups is 1. The lowest BCUT2D eigenvalue weighted by molar-refractivity contribution is -0.114. The Morgan fingerprint density at radius 3 is 2.26 bits per heavy atom. The number of benzene rings is 2. The first kappa shape index (κ1) is 24.7. The number of amides is 1. The van der Waals surface area contributed by atoms with Crippen molar-refractivity contribution in [3.63, 3.8) is 0 Å². The lowest BCUT2D eigenvalue weighted by atomic mass is 9.99. The van der Waals surface area contributed by atoms with Gasteiger partial charge in [0.05, 0.1) is 5.57 Å². The maximum absolute atomic E-state index is 12.5. The zero-order chi connectivity index (χ0) is 24.8. The number of amidine groups is 2. The number of carbonyl (C=O) groups is 1. The number of hydrogen-bond acceptors (Lipinski definition) is 6. The number of nitrogens with zero attached hydrogens (tertiary/aromatic N) is 3. The SMILES string of the molecule is CCCC1=NN2C(=N)/C(=C\c3ccc(OCCOc4ccc([C@H](C)CC)cc4)cc3)C(=O)N=C2S1. The minimum atomic E-state index is -0.420. The lowest BCUT2D eigenvalue weighted by Gasteiger charge is -2.20. The third kappa shape index (κ3) is 6.00. The largest absolute Gasteiger partial charge is 0.490 e. The summed E-state index contributed by atoms with van der Waals surface area (Å²) in [5.41, 5.74) is 2.32. The van der Waals surface area contributed by atoms with Crippen molar-refractivity contribution in [2.75, 3.05) is 13.2 Å². The molecule has 2 aliphatic heterocycles. The van der Waals surface area contributed by atoms with E-state index >= 15 is 0 Å². The molecule has 2 aromatic rings. The van der Waals surface area contributed by atoms with Crippen LogP contribution in [0, 0.1) is 5.41 Å². The number of ether oxygens (including phenoxy) is 2. The molecule has 0 fully saturated rings. The molecule has 4 rings (SSSR count). The summed E-state index contributed by atoms with van der Waals surface area (Å²) in [6.07, 6.45) is 4.53. The molecule has 0 aliphatic carbocycles. The highest BCUT2D eigenvalue weighted by Crippen LogP contribution is 2.30. The molecular weight excluding hydrogens is 460 g/mol. The van der Waals surface area contributed by atoms with Crippen molar-refractivity contribution in [1.29, 1.82) is 5.41 Å². The highest BCUT2D eigenvalue weighted by molar-refractivity contribution is 8.26. The third-order valence-electron chi connectivity index (χ3n) is 5.83. The topological polar surface area (TPSA) is 87.3 Å². The quantitative estimate of drug-likeness (QED) is 0.322. The van der Waals surface area contributed by atoms with E-state index in [1.54, 1.807) is 6.08 Å². The fraction of sp³-hybridized carbons (Fsp3) is 0.333. The third-order valence-corrected chi connectivity index (χ3v) is 6.80. The fourth-order valence-electron chi connectivity index (χ4n) is 3.62. The van der Waals surface area contributed by atoms with Crippen LogP contribution < -0.4 is 9.47 Å². The van der Waals surface area contributed by atoms with Gasteiger partial charge in [0, 0.05) is 0 Å². The van der Waals surface area contributed by atoms with Crippen LogP contribution in [0.15, 0.2) is 64.2 Å². The first-order valence-electron chi connectivity index (χ1n) is 11.9. The van der Waals surface area contributed by atoms with Crippen LogP contribution in [0.25, 0.3) is 6.08 Å². The number of carbonyl (C=O) groups excluding carboxylic acids is 1. The molecule has 1 atom stereocenters. The number of thioether (sulfide) groups is 1. The van der Waals surface area contributed by atoms with Crippen LogP contribution in [0.2, 0.25) is 0 Å². The molecule has 0 spiro atoms. The molecule has 0 bridgehead atoms. The second-order valence-corrected chi connectivity index (χ2v) is 9.45. The molecular formula is C27H30N4O3S. The van der Waals surface area contributed by atoms with Crippen LogP contribution in [-0.2, 0) is 4.79 Å². The Morgan fingerprint density at radius 1 is 1.03 bits per heavy atom. The van der Waals surface area contributed by atoms with E-state index < -0.39 is 5.91 Å². The van der Waals surface area contributed by atoms with E-state index in [0.717, 1.165) is 35.6 Å². The Morgan fingerprint density at radius 2 is 1.66 bits per heavy atom. The average Bonchev–Trinajstić information content (AvgIpc) is 3.28. The molecule has 2 aromatic carbocycles.